The third kappa shape index (κ3) is 7.83. The van der Waals surface area contributed by atoms with E-state index in [2.05, 4.69) is 173 Å². The number of rotatable bonds is 7. The summed E-state index contributed by atoms with van der Waals surface area (Å²) in [5.74, 6) is 0.717. The van der Waals surface area contributed by atoms with Crippen LogP contribution in [0.15, 0.2) is 149 Å². The van der Waals surface area contributed by atoms with E-state index in [1.807, 2.05) is 6.20 Å². The monoisotopic (exact) mass is 802 g/mol. The summed E-state index contributed by atoms with van der Waals surface area (Å²) in [4.78, 5) is 13.2. The number of furan rings is 1. The maximum Gasteiger partial charge on any atom is 0.135 e. The van der Waals surface area contributed by atoms with Crippen LogP contribution in [-0.2, 0) is 13.0 Å². The Bertz CT molecular complexity index is 2780. The lowest BCUT2D eigenvalue weighted by Gasteiger charge is -2.35. The number of para-hydroxylation sites is 1. The molecule has 7 aromatic rings. The SMILES string of the molecule is C=C1CC2N=C(/C=C\CCC)c3ccccc3C2CCc2cc3oc4ccccc4c3cc2CN(c2c(C(C)C)cc(-c3ccccc3)cc2C(C)C)c2c(ccnc2C)N1. The minimum absolute atomic E-state index is 0.0171. The van der Waals surface area contributed by atoms with Gasteiger partial charge >= 0.3 is 0 Å². The quantitative estimate of drug-likeness (QED) is 0.174. The predicted octanol–water partition coefficient (Wildman–Crippen LogP) is 15.1. The van der Waals surface area contributed by atoms with E-state index in [4.69, 9.17) is 21.0 Å². The summed E-state index contributed by atoms with van der Waals surface area (Å²) in [7, 11) is 0. The molecule has 2 unspecified atom stereocenters. The van der Waals surface area contributed by atoms with Gasteiger partial charge in [-0.3, -0.25) is 9.98 Å². The molecule has 308 valence electrons. The number of aromatic nitrogens is 1. The normalized spacial score (nSPS) is 17.0. The van der Waals surface area contributed by atoms with Crippen LogP contribution in [0.1, 0.15) is 117 Å². The Hall–Kier alpha value is -6.20. The number of hydrogen-bond acceptors (Lipinski definition) is 5. The van der Waals surface area contributed by atoms with Gasteiger partial charge in [0.05, 0.1) is 28.8 Å². The Morgan fingerprint density at radius 3 is 2.31 bits per heavy atom. The van der Waals surface area contributed by atoms with Crippen molar-refractivity contribution in [2.75, 3.05) is 10.2 Å². The lowest BCUT2D eigenvalue weighted by atomic mass is 9.78. The molecule has 2 aliphatic rings. The van der Waals surface area contributed by atoms with E-state index in [1.165, 1.54) is 50.2 Å². The van der Waals surface area contributed by atoms with Crippen LogP contribution in [0.3, 0.4) is 0 Å². The van der Waals surface area contributed by atoms with Gasteiger partial charge in [0.15, 0.2) is 0 Å². The van der Waals surface area contributed by atoms with E-state index in [9.17, 15) is 0 Å². The number of anilines is 3. The zero-order chi connectivity index (χ0) is 42.2. The summed E-state index contributed by atoms with van der Waals surface area (Å²) in [6.07, 6.45) is 11.1. The van der Waals surface area contributed by atoms with Crippen molar-refractivity contribution in [2.45, 2.75) is 104 Å². The van der Waals surface area contributed by atoms with E-state index >= 15 is 0 Å². The molecule has 0 bridgehead atoms. The molecule has 61 heavy (non-hydrogen) atoms. The molecule has 0 radical (unpaired) electrons. The lowest BCUT2D eigenvalue weighted by Crippen LogP contribution is -2.27. The molecule has 0 aliphatic carbocycles. The number of nitrogens with zero attached hydrogens (tertiary/aromatic N) is 3. The summed E-state index contributed by atoms with van der Waals surface area (Å²) >= 11 is 0. The number of hydrogen-bond donors (Lipinski definition) is 1. The minimum atomic E-state index is 0.0171. The Balaban J connectivity index is 1.29. The third-order valence-electron chi connectivity index (χ3n) is 12.8. The molecule has 5 heteroatoms. The van der Waals surface area contributed by atoms with Crippen LogP contribution >= 0.6 is 0 Å². The molecule has 0 amide bonds. The number of unbranched alkanes of at least 4 members (excludes halogenated alkanes) is 1. The Morgan fingerprint density at radius 1 is 0.803 bits per heavy atom. The van der Waals surface area contributed by atoms with Gasteiger partial charge in [0, 0.05) is 52.8 Å². The molecule has 0 spiro atoms. The molecule has 2 aromatic heterocycles. The van der Waals surface area contributed by atoms with Gasteiger partial charge in [-0.05, 0) is 119 Å². The van der Waals surface area contributed by atoms with Gasteiger partial charge in [-0.15, -0.1) is 0 Å². The molecule has 4 heterocycles. The average molecular weight is 803 g/mol. The van der Waals surface area contributed by atoms with Crippen molar-refractivity contribution in [2.24, 2.45) is 4.99 Å². The zero-order valence-corrected chi connectivity index (χ0v) is 36.6. The highest BCUT2D eigenvalue weighted by molar-refractivity contribution is 6.10. The van der Waals surface area contributed by atoms with Crippen molar-refractivity contribution in [3.63, 3.8) is 0 Å². The van der Waals surface area contributed by atoms with E-state index in [1.54, 1.807) is 0 Å². The van der Waals surface area contributed by atoms with E-state index in [-0.39, 0.29) is 23.8 Å². The maximum absolute atomic E-state index is 6.62. The van der Waals surface area contributed by atoms with Gasteiger partial charge in [-0.1, -0.05) is 126 Å². The summed E-state index contributed by atoms with van der Waals surface area (Å²) in [5, 5.41) is 6.18. The molecule has 5 aromatic carbocycles. The minimum Gasteiger partial charge on any atom is -0.456 e. The predicted molar refractivity (Wildman–Crippen MR) is 258 cm³/mol. The summed E-state index contributed by atoms with van der Waals surface area (Å²) in [6.45, 7) is 19.1. The second-order valence-electron chi connectivity index (χ2n) is 17.7. The molecule has 5 nitrogen and oxygen atoms in total. The molecule has 0 saturated heterocycles. The van der Waals surface area contributed by atoms with Crippen molar-refractivity contribution >= 4 is 44.7 Å². The number of benzene rings is 5. The molecule has 0 fully saturated rings. The van der Waals surface area contributed by atoms with Crippen molar-refractivity contribution in [3.8, 4) is 11.1 Å². The fourth-order valence-electron chi connectivity index (χ4n) is 9.78. The second-order valence-corrected chi connectivity index (χ2v) is 17.7. The van der Waals surface area contributed by atoms with Crippen LogP contribution in [-0.4, -0.2) is 16.7 Å². The van der Waals surface area contributed by atoms with Crippen molar-refractivity contribution in [3.05, 3.63) is 179 Å². The fourth-order valence-corrected chi connectivity index (χ4v) is 9.78. The molecule has 2 atom stereocenters. The number of aliphatic imine (C=N–C) groups is 1. The highest BCUT2D eigenvalue weighted by atomic mass is 16.3. The molecular weight excluding hydrogens is 745 g/mol. The molecule has 2 aliphatic heterocycles. The van der Waals surface area contributed by atoms with Gasteiger partial charge in [0.25, 0.3) is 0 Å². The zero-order valence-electron chi connectivity index (χ0n) is 36.6. The standard InChI is InChI=1S/C56H58N4O/c1-8-9-11-23-50-44-21-15-14-20-43(44)45-26-25-40-33-54-49(46-22-16-17-24-53(46)61-54)32-42(40)34-60(55-38(7)57-28-27-51(55)58-37(6)29-52(45)59-50)56-47(35(2)3)30-41(31-48(56)36(4)5)39-18-12-10-13-19-39/h10-24,27-28,30-33,35-36,45,52,58H,6,8-9,25-26,29,34H2,1-5,7H3/b23-11-. The van der Waals surface area contributed by atoms with Crippen molar-refractivity contribution in [1.29, 1.82) is 0 Å². The van der Waals surface area contributed by atoms with Crippen LogP contribution in [0, 0.1) is 6.92 Å². The topological polar surface area (TPSA) is 53.7 Å². The molecule has 1 N–H and O–H groups in total. The number of pyridine rings is 1. The highest BCUT2D eigenvalue weighted by Gasteiger charge is 2.33. The Labute approximate surface area is 362 Å². The van der Waals surface area contributed by atoms with Gasteiger partial charge in [-0.2, -0.15) is 0 Å². The largest absolute Gasteiger partial charge is 0.456 e. The highest BCUT2D eigenvalue weighted by Crippen LogP contribution is 2.47. The number of nitrogens with one attached hydrogen (secondary N) is 1. The van der Waals surface area contributed by atoms with Crippen LogP contribution in [0.5, 0.6) is 0 Å². The number of allylic oxidation sites excluding steroid dienone is 2. The molecule has 9 rings (SSSR count). The molecule has 0 saturated carbocycles. The van der Waals surface area contributed by atoms with Crippen LogP contribution < -0.4 is 10.2 Å². The smallest absolute Gasteiger partial charge is 0.135 e. The van der Waals surface area contributed by atoms with E-state index in [0.717, 1.165) is 76.1 Å². The Morgan fingerprint density at radius 2 is 1.54 bits per heavy atom. The maximum atomic E-state index is 6.62. The summed E-state index contributed by atoms with van der Waals surface area (Å²) < 4.78 is 6.62. The fraction of sp³-hybridized carbons (Fsp3) is 0.286. The van der Waals surface area contributed by atoms with Gasteiger partial charge < -0.3 is 14.6 Å². The van der Waals surface area contributed by atoms with E-state index in [0.29, 0.717) is 13.0 Å². The van der Waals surface area contributed by atoms with E-state index < -0.39 is 0 Å². The number of fused-ring (bicyclic) bond motifs is 8. The second kappa shape index (κ2) is 17.0. The van der Waals surface area contributed by atoms with Gasteiger partial charge in [0.1, 0.15) is 11.2 Å². The Kier molecular flexibility index (Phi) is 11.2. The van der Waals surface area contributed by atoms with Gasteiger partial charge in [-0.25, -0.2) is 0 Å². The van der Waals surface area contributed by atoms with Crippen molar-refractivity contribution in [1.82, 2.24) is 4.98 Å². The summed E-state index contributed by atoms with van der Waals surface area (Å²) in [5.41, 5.74) is 18.5. The van der Waals surface area contributed by atoms with Crippen LogP contribution in [0.4, 0.5) is 17.1 Å². The molecular formula is C56H58N4O. The first-order valence-corrected chi connectivity index (χ1v) is 22.4. The first-order chi connectivity index (χ1) is 29.7. The van der Waals surface area contributed by atoms with Gasteiger partial charge in [0.2, 0.25) is 0 Å². The van der Waals surface area contributed by atoms with Crippen LogP contribution in [0.2, 0.25) is 0 Å². The first kappa shape index (κ1) is 40.2. The number of aryl methyl sites for hydroxylation is 2. The van der Waals surface area contributed by atoms with Crippen molar-refractivity contribution < 1.29 is 4.42 Å². The summed E-state index contributed by atoms with van der Waals surface area (Å²) in [6, 6.07) is 40.0. The average Bonchev–Trinajstić information content (AvgIpc) is 3.62. The van der Waals surface area contributed by atoms with Crippen LogP contribution in [0.25, 0.3) is 33.1 Å². The first-order valence-electron chi connectivity index (χ1n) is 22.4. The lowest BCUT2D eigenvalue weighted by molar-refractivity contribution is 0.492. The third-order valence-corrected chi connectivity index (χ3v) is 12.8.